The number of aromatic nitrogens is 2. The minimum Gasteiger partial charge on any atom is -0.481 e. The molecule has 1 aromatic rings. The number of fused-ring (bicyclic) bond motifs is 1. The number of aryl methyl sites for hydroxylation is 1. The number of halogens is 2. The Labute approximate surface area is 140 Å². The number of hydrogen-bond donors (Lipinski definition) is 2. The van der Waals surface area contributed by atoms with Crippen LogP contribution < -0.4 is 5.32 Å². The van der Waals surface area contributed by atoms with E-state index in [1.807, 2.05) is 11.6 Å². The lowest BCUT2D eigenvalue weighted by Gasteiger charge is -2.25. The molecule has 0 radical (unpaired) electrons. The zero-order valence-electron chi connectivity index (χ0n) is 14.0. The summed E-state index contributed by atoms with van der Waals surface area (Å²) in [7, 11) is 1.94. The normalized spacial score (nSPS) is 26.6. The van der Waals surface area contributed by atoms with Crippen LogP contribution in [-0.4, -0.2) is 32.6 Å². The number of carboxylic acids is 1. The van der Waals surface area contributed by atoms with E-state index in [1.54, 1.807) is 0 Å². The average Bonchev–Trinajstić information content (AvgIpc) is 2.76. The van der Waals surface area contributed by atoms with Gasteiger partial charge in [0, 0.05) is 19.2 Å². The van der Waals surface area contributed by atoms with Crippen molar-refractivity contribution in [2.75, 3.05) is 0 Å². The van der Waals surface area contributed by atoms with Gasteiger partial charge in [-0.25, -0.2) is 13.8 Å². The first kappa shape index (κ1) is 17.3. The van der Waals surface area contributed by atoms with Crippen LogP contribution in [0.3, 0.4) is 0 Å². The summed E-state index contributed by atoms with van der Waals surface area (Å²) >= 11 is 0. The molecule has 3 rings (SSSR count). The fourth-order valence-corrected chi connectivity index (χ4v) is 3.88. The molecule has 0 saturated heterocycles. The summed E-state index contributed by atoms with van der Waals surface area (Å²) in [5, 5.41) is 12.0. The summed E-state index contributed by atoms with van der Waals surface area (Å²) in [4.78, 5) is 15.7. The van der Waals surface area contributed by atoms with E-state index >= 15 is 0 Å². The minimum atomic E-state index is -2.88. The molecule has 0 unspecified atom stereocenters. The third-order valence-electron chi connectivity index (χ3n) is 5.46. The second kappa shape index (κ2) is 6.78. The number of aliphatic carboxylic acids is 1. The third kappa shape index (κ3) is 3.45. The second-order valence-electron chi connectivity index (χ2n) is 7.03. The maximum Gasteiger partial charge on any atom is 0.306 e. The van der Waals surface area contributed by atoms with Crippen molar-refractivity contribution in [3.05, 3.63) is 17.2 Å². The van der Waals surface area contributed by atoms with Gasteiger partial charge in [0.1, 0.15) is 5.82 Å². The van der Waals surface area contributed by atoms with Crippen LogP contribution >= 0.6 is 0 Å². The van der Waals surface area contributed by atoms with Crippen LogP contribution in [0, 0.1) is 5.92 Å². The molecule has 2 atom stereocenters. The van der Waals surface area contributed by atoms with Crippen LogP contribution in [0.5, 0.6) is 0 Å². The number of carboxylic acid groups (broad SMARTS) is 1. The van der Waals surface area contributed by atoms with E-state index in [0.717, 1.165) is 37.2 Å². The molecule has 0 spiro atoms. The van der Waals surface area contributed by atoms with Gasteiger partial charge in [-0.05, 0) is 44.9 Å². The van der Waals surface area contributed by atoms with Gasteiger partial charge in [0.05, 0.1) is 24.2 Å². The standard InChI is InChI=1S/C17H25F2N3O2/c1-22-13-5-3-2-4-12(13)21-15(22)10-20-14-7-6-11(16(23)24)8-9-17(14,18)19/h11,14,20H,2-10H2,1H3,(H,23,24)/t11-,14-/m1/s1. The van der Waals surface area contributed by atoms with E-state index in [4.69, 9.17) is 5.11 Å². The zero-order valence-corrected chi connectivity index (χ0v) is 14.0. The molecule has 0 aliphatic heterocycles. The molecule has 134 valence electrons. The summed E-state index contributed by atoms with van der Waals surface area (Å²) in [6.07, 6.45) is 4.37. The topological polar surface area (TPSA) is 67.2 Å². The van der Waals surface area contributed by atoms with Crippen molar-refractivity contribution in [3.63, 3.8) is 0 Å². The van der Waals surface area contributed by atoms with Gasteiger partial charge in [0.15, 0.2) is 0 Å². The smallest absolute Gasteiger partial charge is 0.306 e. The molecule has 1 aromatic heterocycles. The first-order valence-electron chi connectivity index (χ1n) is 8.76. The Hall–Kier alpha value is -1.50. The Morgan fingerprint density at radius 2 is 2.08 bits per heavy atom. The Morgan fingerprint density at radius 1 is 1.33 bits per heavy atom. The van der Waals surface area contributed by atoms with Crippen LogP contribution in [0.4, 0.5) is 8.78 Å². The SMILES string of the molecule is Cn1c(CN[C@@H]2CC[C@@H](C(=O)O)CCC2(F)F)nc2c1CCCC2. The third-order valence-corrected chi connectivity index (χ3v) is 5.46. The molecule has 2 N–H and O–H groups in total. The fourth-order valence-electron chi connectivity index (χ4n) is 3.88. The highest BCUT2D eigenvalue weighted by atomic mass is 19.3. The molecule has 0 amide bonds. The van der Waals surface area contributed by atoms with E-state index in [9.17, 15) is 13.6 Å². The van der Waals surface area contributed by atoms with Crippen LogP contribution in [0.15, 0.2) is 0 Å². The molecule has 5 nitrogen and oxygen atoms in total. The molecule has 24 heavy (non-hydrogen) atoms. The zero-order chi connectivity index (χ0) is 17.3. The Kier molecular flexibility index (Phi) is 4.90. The maximum atomic E-state index is 14.3. The highest BCUT2D eigenvalue weighted by Gasteiger charge is 2.43. The molecule has 2 aliphatic carbocycles. The second-order valence-corrected chi connectivity index (χ2v) is 7.03. The van der Waals surface area contributed by atoms with Crippen molar-refractivity contribution in [1.29, 1.82) is 0 Å². The molecule has 1 heterocycles. The number of carbonyl (C=O) groups is 1. The lowest BCUT2D eigenvalue weighted by molar-refractivity contribution is -0.142. The predicted octanol–water partition coefficient (Wildman–Crippen LogP) is 2.67. The molecule has 0 aromatic carbocycles. The molecule has 0 bridgehead atoms. The van der Waals surface area contributed by atoms with Crippen LogP contribution in [0.2, 0.25) is 0 Å². The van der Waals surface area contributed by atoms with E-state index in [-0.39, 0.29) is 19.3 Å². The van der Waals surface area contributed by atoms with E-state index in [0.29, 0.717) is 13.0 Å². The summed E-state index contributed by atoms with van der Waals surface area (Å²) in [5.74, 6) is -3.72. The van der Waals surface area contributed by atoms with Gasteiger partial charge in [0.25, 0.3) is 5.92 Å². The van der Waals surface area contributed by atoms with Crippen LogP contribution in [0.1, 0.15) is 55.7 Å². The van der Waals surface area contributed by atoms with Crippen molar-refractivity contribution >= 4 is 5.97 Å². The summed E-state index contributed by atoms with van der Waals surface area (Å²) in [5.41, 5.74) is 2.32. The molecule has 7 heteroatoms. The quantitative estimate of drug-likeness (QED) is 0.826. The summed E-state index contributed by atoms with van der Waals surface area (Å²) in [6.45, 7) is 0.293. The fraction of sp³-hybridized carbons (Fsp3) is 0.765. The molecule has 1 saturated carbocycles. The summed E-state index contributed by atoms with van der Waals surface area (Å²) in [6, 6.07) is -0.990. The molecule has 1 fully saturated rings. The highest BCUT2D eigenvalue weighted by Crippen LogP contribution is 2.35. The van der Waals surface area contributed by atoms with E-state index < -0.39 is 23.9 Å². The minimum absolute atomic E-state index is 0.0389. The first-order valence-corrected chi connectivity index (χ1v) is 8.76. The first-order chi connectivity index (χ1) is 11.4. The van der Waals surface area contributed by atoms with Gasteiger partial charge in [0.2, 0.25) is 0 Å². The Balaban J connectivity index is 1.67. The van der Waals surface area contributed by atoms with Gasteiger partial charge in [-0.1, -0.05) is 0 Å². The van der Waals surface area contributed by atoms with E-state index in [2.05, 4.69) is 10.3 Å². The predicted molar refractivity (Wildman–Crippen MR) is 85.0 cm³/mol. The number of rotatable bonds is 4. The molecular formula is C17H25F2N3O2. The maximum absolute atomic E-state index is 14.3. The Bertz CT molecular complexity index is 615. The lowest BCUT2D eigenvalue weighted by Crippen LogP contribution is -2.44. The van der Waals surface area contributed by atoms with E-state index in [1.165, 1.54) is 5.69 Å². The van der Waals surface area contributed by atoms with Crippen molar-refractivity contribution in [2.45, 2.75) is 69.9 Å². The summed E-state index contributed by atoms with van der Waals surface area (Å²) < 4.78 is 30.7. The highest BCUT2D eigenvalue weighted by molar-refractivity contribution is 5.69. The number of hydrogen-bond acceptors (Lipinski definition) is 3. The number of imidazole rings is 1. The largest absolute Gasteiger partial charge is 0.481 e. The number of alkyl halides is 2. The van der Waals surface area contributed by atoms with Gasteiger partial charge >= 0.3 is 5.97 Å². The Morgan fingerprint density at radius 3 is 2.79 bits per heavy atom. The average molecular weight is 341 g/mol. The lowest BCUT2D eigenvalue weighted by atomic mass is 10.0. The van der Waals surface area contributed by atoms with Crippen LogP contribution in [-0.2, 0) is 31.2 Å². The van der Waals surface area contributed by atoms with Crippen LogP contribution in [0.25, 0.3) is 0 Å². The monoisotopic (exact) mass is 341 g/mol. The number of nitrogens with one attached hydrogen (secondary N) is 1. The van der Waals surface area contributed by atoms with Gasteiger partial charge in [-0.3, -0.25) is 4.79 Å². The number of nitrogens with zero attached hydrogens (tertiary/aromatic N) is 2. The van der Waals surface area contributed by atoms with Crippen molar-refractivity contribution < 1.29 is 18.7 Å². The molecule has 2 aliphatic rings. The van der Waals surface area contributed by atoms with Crippen molar-refractivity contribution in [2.24, 2.45) is 13.0 Å². The van der Waals surface area contributed by atoms with Gasteiger partial charge in [-0.2, -0.15) is 0 Å². The van der Waals surface area contributed by atoms with Gasteiger partial charge in [-0.15, -0.1) is 0 Å². The molecular weight excluding hydrogens is 316 g/mol. The van der Waals surface area contributed by atoms with Gasteiger partial charge < -0.3 is 15.0 Å². The van der Waals surface area contributed by atoms with Crippen molar-refractivity contribution in [1.82, 2.24) is 14.9 Å². The van der Waals surface area contributed by atoms with Crippen molar-refractivity contribution in [3.8, 4) is 0 Å².